The first-order valence-electron chi connectivity index (χ1n) is 5.23. The molecule has 0 spiro atoms. The topological polar surface area (TPSA) is 105 Å². The summed E-state index contributed by atoms with van der Waals surface area (Å²) >= 11 is 0. The van der Waals surface area contributed by atoms with Gasteiger partial charge in [0.25, 0.3) is 0 Å². The number of aliphatic hydroxyl groups is 1. The highest BCUT2D eigenvalue weighted by atomic mass is 32.2. The predicted octanol–water partition coefficient (Wildman–Crippen LogP) is 0.101. The number of hydrogen-bond acceptors (Lipinski definition) is 5. The summed E-state index contributed by atoms with van der Waals surface area (Å²) in [5.41, 5.74) is 5.38. The molecule has 17 heavy (non-hydrogen) atoms. The Morgan fingerprint density at radius 1 is 1.47 bits per heavy atom. The number of rotatable bonds is 5. The van der Waals surface area contributed by atoms with E-state index in [1.807, 2.05) is 0 Å². The van der Waals surface area contributed by atoms with Gasteiger partial charge >= 0.3 is 0 Å². The van der Waals surface area contributed by atoms with Gasteiger partial charge in [-0.25, -0.2) is 18.1 Å². The van der Waals surface area contributed by atoms with E-state index in [1.54, 1.807) is 13.8 Å². The van der Waals surface area contributed by atoms with Crippen molar-refractivity contribution in [1.29, 1.82) is 0 Å². The van der Waals surface area contributed by atoms with Crippen LogP contribution in [0.2, 0.25) is 0 Å². The van der Waals surface area contributed by atoms with E-state index >= 15 is 0 Å². The van der Waals surface area contributed by atoms with Gasteiger partial charge in [-0.1, -0.05) is 0 Å². The van der Waals surface area contributed by atoms with Crippen LogP contribution in [0.15, 0.2) is 23.2 Å². The molecule has 0 aliphatic rings. The Labute approximate surface area is 101 Å². The van der Waals surface area contributed by atoms with Gasteiger partial charge in [0.05, 0.1) is 6.10 Å². The number of sulfonamides is 1. The van der Waals surface area contributed by atoms with E-state index < -0.39 is 16.1 Å². The standard InChI is InChI=1S/C10H17N3O3S/c1-7(5-8(2)14)13-17(15,16)9-3-4-10(11)12-6-9/h3-4,6-8,13-14H,5H2,1-2H3,(H2,11,12). The average molecular weight is 259 g/mol. The van der Waals surface area contributed by atoms with Gasteiger partial charge in [0.1, 0.15) is 10.7 Å². The van der Waals surface area contributed by atoms with Crippen molar-refractivity contribution in [2.75, 3.05) is 5.73 Å². The fourth-order valence-corrected chi connectivity index (χ4v) is 2.64. The van der Waals surface area contributed by atoms with Crippen LogP contribution < -0.4 is 10.5 Å². The minimum atomic E-state index is -3.60. The Kier molecular flexibility index (Phi) is 4.44. The number of anilines is 1. The number of nitrogens with two attached hydrogens (primary N) is 1. The lowest BCUT2D eigenvalue weighted by molar-refractivity contribution is 0.175. The largest absolute Gasteiger partial charge is 0.393 e. The smallest absolute Gasteiger partial charge is 0.242 e. The number of hydrogen-bond donors (Lipinski definition) is 3. The molecular weight excluding hydrogens is 242 g/mol. The minimum Gasteiger partial charge on any atom is -0.393 e. The van der Waals surface area contributed by atoms with Gasteiger partial charge in [-0.05, 0) is 32.4 Å². The summed E-state index contributed by atoms with van der Waals surface area (Å²) in [5, 5.41) is 9.16. The number of nitrogen functional groups attached to an aromatic ring is 1. The molecule has 4 N–H and O–H groups in total. The molecule has 0 aliphatic heterocycles. The van der Waals surface area contributed by atoms with Crippen LogP contribution in [-0.4, -0.2) is 30.7 Å². The SMILES string of the molecule is CC(O)CC(C)NS(=O)(=O)c1ccc(N)nc1. The fraction of sp³-hybridized carbons (Fsp3) is 0.500. The highest BCUT2D eigenvalue weighted by molar-refractivity contribution is 7.89. The van der Waals surface area contributed by atoms with E-state index in [9.17, 15) is 8.42 Å². The maximum atomic E-state index is 11.9. The molecule has 0 aliphatic carbocycles. The van der Waals surface area contributed by atoms with Gasteiger partial charge in [-0.3, -0.25) is 0 Å². The van der Waals surface area contributed by atoms with E-state index in [0.717, 1.165) is 0 Å². The van der Waals surface area contributed by atoms with Crippen molar-refractivity contribution in [3.05, 3.63) is 18.3 Å². The maximum absolute atomic E-state index is 11.9. The second kappa shape index (κ2) is 5.44. The molecule has 0 saturated carbocycles. The number of nitrogens with zero attached hydrogens (tertiary/aromatic N) is 1. The van der Waals surface area contributed by atoms with Gasteiger partial charge < -0.3 is 10.8 Å². The van der Waals surface area contributed by atoms with Crippen molar-refractivity contribution in [3.8, 4) is 0 Å². The van der Waals surface area contributed by atoms with Crippen LogP contribution in [-0.2, 0) is 10.0 Å². The lowest BCUT2D eigenvalue weighted by Crippen LogP contribution is -2.34. The summed E-state index contributed by atoms with van der Waals surface area (Å²) in [7, 11) is -3.60. The van der Waals surface area contributed by atoms with Gasteiger partial charge in [-0.2, -0.15) is 0 Å². The molecule has 0 amide bonds. The summed E-state index contributed by atoms with van der Waals surface area (Å²) in [6.07, 6.45) is 0.992. The Hall–Kier alpha value is -1.18. The first-order valence-corrected chi connectivity index (χ1v) is 6.71. The van der Waals surface area contributed by atoms with E-state index in [0.29, 0.717) is 6.42 Å². The Morgan fingerprint density at radius 3 is 2.59 bits per heavy atom. The maximum Gasteiger partial charge on any atom is 0.242 e. The van der Waals surface area contributed by atoms with E-state index in [1.165, 1.54) is 18.3 Å². The molecule has 7 heteroatoms. The molecule has 2 unspecified atom stereocenters. The molecule has 6 nitrogen and oxygen atoms in total. The van der Waals surface area contributed by atoms with Gasteiger partial charge in [0.15, 0.2) is 0 Å². The predicted molar refractivity (Wildman–Crippen MR) is 64.7 cm³/mol. The van der Waals surface area contributed by atoms with Crippen LogP contribution in [0.4, 0.5) is 5.82 Å². The zero-order chi connectivity index (χ0) is 13.1. The normalized spacial score (nSPS) is 15.5. The Bertz CT molecular complexity index is 456. The van der Waals surface area contributed by atoms with Gasteiger partial charge in [0.2, 0.25) is 10.0 Å². The molecule has 96 valence electrons. The molecule has 0 aromatic carbocycles. The molecule has 1 aromatic rings. The summed E-state index contributed by atoms with van der Waals surface area (Å²) < 4.78 is 26.2. The zero-order valence-electron chi connectivity index (χ0n) is 9.79. The van der Waals surface area contributed by atoms with Crippen LogP contribution in [0.3, 0.4) is 0 Å². The number of pyridine rings is 1. The fourth-order valence-electron chi connectivity index (χ4n) is 1.44. The van der Waals surface area contributed by atoms with Crippen molar-refractivity contribution < 1.29 is 13.5 Å². The molecule has 1 aromatic heterocycles. The number of aromatic nitrogens is 1. The van der Waals surface area contributed by atoms with Crippen LogP contribution in [0.25, 0.3) is 0 Å². The second-order valence-electron chi connectivity index (χ2n) is 4.03. The Balaban J connectivity index is 2.78. The monoisotopic (exact) mass is 259 g/mol. The van der Waals surface area contributed by atoms with Crippen LogP contribution in [0, 0.1) is 0 Å². The van der Waals surface area contributed by atoms with E-state index in [4.69, 9.17) is 10.8 Å². The lowest BCUT2D eigenvalue weighted by atomic mass is 10.2. The molecular formula is C10H17N3O3S. The molecule has 0 fully saturated rings. The first kappa shape index (κ1) is 13.9. The van der Waals surface area contributed by atoms with Crippen LogP contribution in [0.5, 0.6) is 0 Å². The van der Waals surface area contributed by atoms with Crippen molar-refractivity contribution in [1.82, 2.24) is 9.71 Å². The van der Waals surface area contributed by atoms with Crippen molar-refractivity contribution >= 4 is 15.8 Å². The molecule has 0 radical (unpaired) electrons. The second-order valence-corrected chi connectivity index (χ2v) is 5.74. The average Bonchev–Trinajstić information content (AvgIpc) is 2.15. The van der Waals surface area contributed by atoms with Crippen LogP contribution >= 0.6 is 0 Å². The third-order valence-corrected chi connectivity index (χ3v) is 3.70. The highest BCUT2D eigenvalue weighted by Crippen LogP contribution is 2.10. The third kappa shape index (κ3) is 4.29. The van der Waals surface area contributed by atoms with Gasteiger partial charge in [-0.15, -0.1) is 0 Å². The van der Waals surface area contributed by atoms with Crippen LogP contribution in [0.1, 0.15) is 20.3 Å². The van der Waals surface area contributed by atoms with Crippen molar-refractivity contribution in [2.24, 2.45) is 0 Å². The summed E-state index contributed by atoms with van der Waals surface area (Å²) in [6.45, 7) is 3.30. The van der Waals surface area contributed by atoms with Gasteiger partial charge in [0, 0.05) is 12.2 Å². The lowest BCUT2D eigenvalue weighted by Gasteiger charge is -2.15. The molecule has 0 saturated heterocycles. The molecule has 0 bridgehead atoms. The minimum absolute atomic E-state index is 0.0594. The van der Waals surface area contributed by atoms with E-state index in [2.05, 4.69) is 9.71 Å². The van der Waals surface area contributed by atoms with E-state index in [-0.39, 0.29) is 16.8 Å². The molecule has 2 atom stereocenters. The summed E-state index contributed by atoms with van der Waals surface area (Å²) in [6, 6.07) is 2.46. The first-order chi connectivity index (χ1) is 7.81. The number of aliphatic hydroxyl groups excluding tert-OH is 1. The molecule has 1 rings (SSSR count). The molecule has 1 heterocycles. The highest BCUT2D eigenvalue weighted by Gasteiger charge is 2.18. The number of nitrogens with one attached hydrogen (secondary N) is 1. The Morgan fingerprint density at radius 2 is 2.12 bits per heavy atom. The van der Waals surface area contributed by atoms with Crippen molar-refractivity contribution in [2.45, 2.75) is 37.3 Å². The zero-order valence-corrected chi connectivity index (χ0v) is 10.6. The quantitative estimate of drug-likeness (QED) is 0.695. The third-order valence-electron chi connectivity index (χ3n) is 2.12. The summed E-state index contributed by atoms with van der Waals surface area (Å²) in [5.74, 6) is 0.265. The summed E-state index contributed by atoms with van der Waals surface area (Å²) in [4.78, 5) is 3.78. The van der Waals surface area contributed by atoms with Crippen molar-refractivity contribution in [3.63, 3.8) is 0 Å².